The molecule has 0 atom stereocenters. The van der Waals surface area contributed by atoms with Gasteiger partial charge in [0.2, 0.25) is 0 Å². The lowest BCUT2D eigenvalue weighted by Gasteiger charge is -2.14. The largest absolute Gasteiger partial charge is 0.345 e. The molecule has 0 spiro atoms. The van der Waals surface area contributed by atoms with Crippen LogP contribution in [0.1, 0.15) is 15.9 Å². The lowest BCUT2D eigenvalue weighted by molar-refractivity contribution is 0.0828. The van der Waals surface area contributed by atoms with Gasteiger partial charge in [0.05, 0.1) is 0 Å². The van der Waals surface area contributed by atoms with E-state index in [1.807, 2.05) is 36.4 Å². The molecule has 0 fully saturated rings. The number of amides is 1. The standard InChI is InChI=1S/C16H17NO/c1-12-7-6-8-13(11-12)14-9-4-5-10-15(14)16(18)17(2)3/h4-11H,1-3H3. The number of benzene rings is 2. The molecule has 18 heavy (non-hydrogen) atoms. The zero-order valence-electron chi connectivity index (χ0n) is 11.0. The van der Waals surface area contributed by atoms with Crippen molar-refractivity contribution in [1.29, 1.82) is 0 Å². The van der Waals surface area contributed by atoms with Crippen LogP contribution in [0.3, 0.4) is 0 Å². The molecule has 1 amide bonds. The fraction of sp³-hybridized carbons (Fsp3) is 0.188. The molecule has 2 rings (SSSR count). The van der Waals surface area contributed by atoms with E-state index in [0.29, 0.717) is 0 Å². The maximum Gasteiger partial charge on any atom is 0.253 e. The third kappa shape index (κ3) is 2.43. The number of aryl methyl sites for hydroxylation is 1. The van der Waals surface area contributed by atoms with E-state index in [0.717, 1.165) is 16.7 Å². The lowest BCUT2D eigenvalue weighted by Crippen LogP contribution is -2.22. The van der Waals surface area contributed by atoms with Crippen LogP contribution in [0, 0.1) is 6.92 Å². The first-order valence-electron chi connectivity index (χ1n) is 5.97. The molecule has 0 aliphatic rings. The molecule has 2 aromatic carbocycles. The molecule has 0 unspecified atom stereocenters. The predicted molar refractivity (Wildman–Crippen MR) is 74.6 cm³/mol. The van der Waals surface area contributed by atoms with Crippen molar-refractivity contribution in [2.75, 3.05) is 14.1 Å². The van der Waals surface area contributed by atoms with Crippen LogP contribution in [0.5, 0.6) is 0 Å². The summed E-state index contributed by atoms with van der Waals surface area (Å²) in [5.41, 5.74) is 4.01. The molecule has 0 saturated heterocycles. The Morgan fingerprint density at radius 2 is 1.72 bits per heavy atom. The van der Waals surface area contributed by atoms with Gasteiger partial charge in [-0.25, -0.2) is 0 Å². The molecule has 92 valence electrons. The number of carbonyl (C=O) groups excluding carboxylic acids is 1. The Morgan fingerprint density at radius 3 is 2.39 bits per heavy atom. The van der Waals surface area contributed by atoms with Crippen molar-refractivity contribution in [2.45, 2.75) is 6.92 Å². The van der Waals surface area contributed by atoms with Gasteiger partial charge in [-0.15, -0.1) is 0 Å². The van der Waals surface area contributed by atoms with Crippen LogP contribution >= 0.6 is 0 Å². The Kier molecular flexibility index (Phi) is 3.47. The first-order chi connectivity index (χ1) is 8.59. The Morgan fingerprint density at radius 1 is 1.00 bits per heavy atom. The topological polar surface area (TPSA) is 20.3 Å². The number of rotatable bonds is 2. The molecule has 0 aromatic heterocycles. The second kappa shape index (κ2) is 5.05. The highest BCUT2D eigenvalue weighted by Crippen LogP contribution is 2.25. The van der Waals surface area contributed by atoms with Crippen molar-refractivity contribution in [2.24, 2.45) is 0 Å². The van der Waals surface area contributed by atoms with Crippen LogP contribution in [-0.4, -0.2) is 24.9 Å². The molecule has 0 heterocycles. The third-order valence-corrected chi connectivity index (χ3v) is 2.89. The van der Waals surface area contributed by atoms with Gasteiger partial charge in [-0.1, -0.05) is 48.0 Å². The third-order valence-electron chi connectivity index (χ3n) is 2.89. The summed E-state index contributed by atoms with van der Waals surface area (Å²) in [6.45, 7) is 2.06. The second-order valence-corrected chi connectivity index (χ2v) is 4.61. The van der Waals surface area contributed by atoms with Gasteiger partial charge in [0, 0.05) is 19.7 Å². The summed E-state index contributed by atoms with van der Waals surface area (Å²) in [6.07, 6.45) is 0. The first kappa shape index (κ1) is 12.4. The molecular formula is C16H17NO. The Labute approximate surface area is 108 Å². The molecule has 0 aliphatic heterocycles. The number of nitrogens with zero attached hydrogens (tertiary/aromatic N) is 1. The zero-order valence-corrected chi connectivity index (χ0v) is 11.0. The van der Waals surface area contributed by atoms with Crippen molar-refractivity contribution >= 4 is 5.91 Å². The summed E-state index contributed by atoms with van der Waals surface area (Å²) < 4.78 is 0. The van der Waals surface area contributed by atoms with Crippen LogP contribution in [0.15, 0.2) is 48.5 Å². The Balaban J connectivity index is 2.55. The molecule has 0 radical (unpaired) electrons. The Hall–Kier alpha value is -2.09. The molecule has 2 nitrogen and oxygen atoms in total. The van der Waals surface area contributed by atoms with Crippen LogP contribution in [-0.2, 0) is 0 Å². The van der Waals surface area contributed by atoms with E-state index in [2.05, 4.69) is 19.1 Å². The monoisotopic (exact) mass is 239 g/mol. The summed E-state index contributed by atoms with van der Waals surface area (Å²) in [6, 6.07) is 15.9. The van der Waals surface area contributed by atoms with Crippen LogP contribution in [0.2, 0.25) is 0 Å². The number of carbonyl (C=O) groups is 1. The number of hydrogen-bond donors (Lipinski definition) is 0. The van der Waals surface area contributed by atoms with Gasteiger partial charge in [0.1, 0.15) is 0 Å². The fourth-order valence-corrected chi connectivity index (χ4v) is 1.97. The summed E-state index contributed by atoms with van der Waals surface area (Å²) in [7, 11) is 3.55. The Bertz CT molecular complexity index is 573. The van der Waals surface area contributed by atoms with Gasteiger partial charge in [-0.3, -0.25) is 4.79 Å². The molecular weight excluding hydrogens is 222 g/mol. The van der Waals surface area contributed by atoms with Crippen LogP contribution in [0.25, 0.3) is 11.1 Å². The van der Waals surface area contributed by atoms with Gasteiger partial charge in [-0.05, 0) is 24.1 Å². The summed E-state index contributed by atoms with van der Waals surface area (Å²) in [4.78, 5) is 13.8. The van der Waals surface area contributed by atoms with Crippen molar-refractivity contribution in [3.8, 4) is 11.1 Å². The average Bonchev–Trinajstić information content (AvgIpc) is 2.38. The summed E-state index contributed by atoms with van der Waals surface area (Å²) >= 11 is 0. The second-order valence-electron chi connectivity index (χ2n) is 4.61. The smallest absolute Gasteiger partial charge is 0.253 e. The minimum atomic E-state index is 0.0344. The van der Waals surface area contributed by atoms with E-state index < -0.39 is 0 Å². The van der Waals surface area contributed by atoms with Gasteiger partial charge in [-0.2, -0.15) is 0 Å². The highest BCUT2D eigenvalue weighted by atomic mass is 16.2. The minimum Gasteiger partial charge on any atom is -0.345 e. The van der Waals surface area contributed by atoms with E-state index in [9.17, 15) is 4.79 Å². The quantitative estimate of drug-likeness (QED) is 0.787. The highest BCUT2D eigenvalue weighted by molar-refractivity contribution is 6.00. The molecule has 0 bridgehead atoms. The predicted octanol–water partition coefficient (Wildman–Crippen LogP) is 3.36. The van der Waals surface area contributed by atoms with Crippen LogP contribution < -0.4 is 0 Å². The average molecular weight is 239 g/mol. The van der Waals surface area contributed by atoms with E-state index >= 15 is 0 Å². The van der Waals surface area contributed by atoms with Crippen molar-refractivity contribution in [3.05, 3.63) is 59.7 Å². The van der Waals surface area contributed by atoms with Crippen molar-refractivity contribution in [1.82, 2.24) is 4.90 Å². The zero-order chi connectivity index (χ0) is 13.1. The SMILES string of the molecule is Cc1cccc(-c2ccccc2C(=O)N(C)C)c1. The van der Waals surface area contributed by atoms with Crippen molar-refractivity contribution < 1.29 is 4.79 Å². The van der Waals surface area contributed by atoms with E-state index in [1.54, 1.807) is 19.0 Å². The molecule has 0 saturated carbocycles. The lowest BCUT2D eigenvalue weighted by atomic mass is 9.98. The van der Waals surface area contributed by atoms with E-state index in [-0.39, 0.29) is 5.91 Å². The van der Waals surface area contributed by atoms with Crippen molar-refractivity contribution in [3.63, 3.8) is 0 Å². The molecule has 2 aromatic rings. The van der Waals surface area contributed by atoms with E-state index in [1.165, 1.54) is 5.56 Å². The van der Waals surface area contributed by atoms with Crippen LogP contribution in [0.4, 0.5) is 0 Å². The van der Waals surface area contributed by atoms with Gasteiger partial charge in [0.25, 0.3) is 5.91 Å². The normalized spacial score (nSPS) is 10.2. The van der Waals surface area contributed by atoms with E-state index in [4.69, 9.17) is 0 Å². The van der Waals surface area contributed by atoms with Gasteiger partial charge in [0.15, 0.2) is 0 Å². The molecule has 2 heteroatoms. The first-order valence-corrected chi connectivity index (χ1v) is 5.97. The number of hydrogen-bond acceptors (Lipinski definition) is 1. The molecule has 0 aliphatic carbocycles. The summed E-state index contributed by atoms with van der Waals surface area (Å²) in [5.74, 6) is 0.0344. The fourth-order valence-electron chi connectivity index (χ4n) is 1.97. The minimum absolute atomic E-state index is 0.0344. The maximum absolute atomic E-state index is 12.1. The highest BCUT2D eigenvalue weighted by Gasteiger charge is 2.13. The molecule has 0 N–H and O–H groups in total. The summed E-state index contributed by atoms with van der Waals surface area (Å²) in [5, 5.41) is 0. The van der Waals surface area contributed by atoms with Gasteiger partial charge >= 0.3 is 0 Å². The van der Waals surface area contributed by atoms with Gasteiger partial charge < -0.3 is 4.90 Å². The maximum atomic E-state index is 12.1.